The molecule has 1 aliphatic heterocycles. The van der Waals surface area contributed by atoms with E-state index in [4.69, 9.17) is 25.8 Å². The molecule has 1 heterocycles. The van der Waals surface area contributed by atoms with Crippen molar-refractivity contribution < 1.29 is 18.9 Å². The predicted octanol–water partition coefficient (Wildman–Crippen LogP) is 0.885. The van der Waals surface area contributed by atoms with Crippen molar-refractivity contribution in [3.63, 3.8) is 0 Å². The second kappa shape index (κ2) is 5.71. The lowest BCUT2D eigenvalue weighted by Gasteiger charge is -2.29. The Kier molecular flexibility index (Phi) is 5.16. The van der Waals surface area contributed by atoms with Crippen LogP contribution < -0.4 is 4.89 Å². The Morgan fingerprint density at radius 3 is 2.80 bits per heavy atom. The van der Waals surface area contributed by atoms with Crippen molar-refractivity contribution in [2.75, 3.05) is 19.9 Å². The first kappa shape index (κ1) is 13.6. The third kappa shape index (κ3) is 4.89. The molecule has 4 nitrogen and oxygen atoms in total. The number of ether oxygens (including phenoxy) is 2. The Bertz CT molecular complexity index is 242. The molecule has 2 unspecified atom stereocenters. The molecule has 0 aromatic heterocycles. The maximum Gasteiger partial charge on any atom is 0.108 e. The third-order valence-corrected chi connectivity index (χ3v) is 3.11. The van der Waals surface area contributed by atoms with Crippen LogP contribution in [0.4, 0.5) is 0 Å². The molecule has 1 saturated heterocycles. The zero-order chi connectivity index (χ0) is 11.5. The molecule has 90 valence electrons. The van der Waals surface area contributed by atoms with E-state index in [9.17, 15) is 4.89 Å². The Morgan fingerprint density at radius 1 is 1.60 bits per heavy atom. The van der Waals surface area contributed by atoms with Crippen LogP contribution in [-0.4, -0.2) is 38.2 Å². The van der Waals surface area contributed by atoms with Gasteiger partial charge < -0.3 is 18.9 Å². The van der Waals surface area contributed by atoms with Crippen molar-refractivity contribution in [2.24, 2.45) is 0 Å². The van der Waals surface area contributed by atoms with Crippen molar-refractivity contribution >= 4 is 18.3 Å². The molecule has 0 radical (unpaired) electrons. The first-order valence-corrected chi connectivity index (χ1v) is 8.21. The largest absolute Gasteiger partial charge is 0.801 e. The molecule has 0 amide bonds. The minimum Gasteiger partial charge on any atom is -0.801 e. The average Bonchev–Trinajstić information content (AvgIpc) is 2.39. The standard InChI is InChI=1S/C9H19O4PS/c1-4-11-6-9-8(5-7(2)12-9)13-14(3,10)15/h7-9H,4-6H2,1-3H3,(H,10,15)/p-1/t7-,8?,9+,14?/m0/s1. The van der Waals surface area contributed by atoms with Crippen molar-refractivity contribution in [1.82, 2.24) is 0 Å². The van der Waals surface area contributed by atoms with Gasteiger partial charge in [0.05, 0.1) is 18.8 Å². The van der Waals surface area contributed by atoms with Gasteiger partial charge in [-0.3, -0.25) is 0 Å². The molecule has 4 atom stereocenters. The maximum atomic E-state index is 11.4. The van der Waals surface area contributed by atoms with Gasteiger partial charge in [0.2, 0.25) is 0 Å². The summed E-state index contributed by atoms with van der Waals surface area (Å²) in [5, 5.41) is 0. The summed E-state index contributed by atoms with van der Waals surface area (Å²) in [7, 11) is 0. The zero-order valence-electron chi connectivity index (χ0n) is 9.34. The maximum absolute atomic E-state index is 11.4. The molecule has 6 heteroatoms. The molecule has 1 fully saturated rings. The van der Waals surface area contributed by atoms with E-state index in [1.807, 2.05) is 13.8 Å². The van der Waals surface area contributed by atoms with Gasteiger partial charge in [-0.15, -0.1) is 0 Å². The molecule has 0 bridgehead atoms. The topological polar surface area (TPSA) is 50.8 Å². The molecule has 0 aliphatic carbocycles. The SMILES string of the molecule is CCOC[C@H]1O[C@@H](C)CC1OP(C)([O-])=S. The highest BCUT2D eigenvalue weighted by Crippen LogP contribution is 2.38. The fourth-order valence-electron chi connectivity index (χ4n) is 1.66. The van der Waals surface area contributed by atoms with E-state index < -0.39 is 6.49 Å². The molecule has 0 N–H and O–H groups in total. The van der Waals surface area contributed by atoms with Crippen LogP contribution in [0.25, 0.3) is 0 Å². The summed E-state index contributed by atoms with van der Waals surface area (Å²) in [5.74, 6) is 0. The van der Waals surface area contributed by atoms with E-state index in [1.165, 1.54) is 6.66 Å². The Balaban J connectivity index is 2.49. The highest BCUT2D eigenvalue weighted by Gasteiger charge is 2.34. The molecule has 15 heavy (non-hydrogen) atoms. The Hall–Kier alpha value is 0.490. The normalized spacial score (nSPS) is 35.3. The van der Waals surface area contributed by atoms with Crippen molar-refractivity contribution in [1.29, 1.82) is 0 Å². The van der Waals surface area contributed by atoms with Gasteiger partial charge in [-0.2, -0.15) is 0 Å². The van der Waals surface area contributed by atoms with E-state index in [0.29, 0.717) is 13.2 Å². The first-order chi connectivity index (χ1) is 6.92. The number of rotatable bonds is 5. The first-order valence-electron chi connectivity index (χ1n) is 5.12. The van der Waals surface area contributed by atoms with E-state index in [-0.39, 0.29) is 18.3 Å². The van der Waals surface area contributed by atoms with Gasteiger partial charge in [0.15, 0.2) is 0 Å². The van der Waals surface area contributed by atoms with E-state index in [0.717, 1.165) is 6.42 Å². The van der Waals surface area contributed by atoms with Crippen LogP contribution in [0.2, 0.25) is 0 Å². The van der Waals surface area contributed by atoms with E-state index >= 15 is 0 Å². The van der Waals surface area contributed by atoms with Crippen LogP contribution in [0.5, 0.6) is 0 Å². The average molecular weight is 253 g/mol. The molecule has 0 saturated carbocycles. The monoisotopic (exact) mass is 253 g/mol. The van der Waals surface area contributed by atoms with Gasteiger partial charge in [-0.25, -0.2) is 0 Å². The highest BCUT2D eigenvalue weighted by atomic mass is 32.5. The molecule has 0 aromatic carbocycles. The van der Waals surface area contributed by atoms with Crippen LogP contribution >= 0.6 is 6.49 Å². The second-order valence-corrected chi connectivity index (χ2v) is 7.54. The number of hydrogen-bond acceptors (Lipinski definition) is 5. The van der Waals surface area contributed by atoms with E-state index in [1.54, 1.807) is 0 Å². The molecule has 0 aromatic rings. The lowest BCUT2D eigenvalue weighted by Crippen LogP contribution is -2.29. The smallest absolute Gasteiger partial charge is 0.108 e. The van der Waals surface area contributed by atoms with Crippen LogP contribution in [0.15, 0.2) is 0 Å². The predicted molar refractivity (Wildman–Crippen MR) is 60.5 cm³/mol. The van der Waals surface area contributed by atoms with Crippen molar-refractivity contribution in [3.05, 3.63) is 0 Å². The summed E-state index contributed by atoms with van der Waals surface area (Å²) in [6.07, 6.45) is 0.504. The Morgan fingerprint density at radius 2 is 2.27 bits per heavy atom. The highest BCUT2D eigenvalue weighted by molar-refractivity contribution is 8.08. The fraction of sp³-hybridized carbons (Fsp3) is 1.00. The zero-order valence-corrected chi connectivity index (χ0v) is 11.1. The second-order valence-electron chi connectivity index (χ2n) is 3.80. The lowest BCUT2D eigenvalue weighted by molar-refractivity contribution is -0.186. The molecular formula is C9H18O4PS-. The van der Waals surface area contributed by atoms with Crippen molar-refractivity contribution in [2.45, 2.75) is 38.6 Å². The van der Waals surface area contributed by atoms with Gasteiger partial charge >= 0.3 is 0 Å². The summed E-state index contributed by atoms with van der Waals surface area (Å²) in [6, 6.07) is 0. The molecular weight excluding hydrogens is 235 g/mol. The lowest BCUT2D eigenvalue weighted by atomic mass is 10.1. The van der Waals surface area contributed by atoms with Gasteiger partial charge in [0.25, 0.3) is 0 Å². The molecule has 0 spiro atoms. The van der Waals surface area contributed by atoms with Crippen molar-refractivity contribution in [3.8, 4) is 0 Å². The number of hydrogen-bond donors (Lipinski definition) is 0. The molecule has 1 rings (SSSR count). The quantitative estimate of drug-likeness (QED) is 0.681. The summed E-state index contributed by atoms with van der Waals surface area (Å²) in [5.41, 5.74) is 0. The van der Waals surface area contributed by atoms with Crippen LogP contribution in [0, 0.1) is 0 Å². The van der Waals surface area contributed by atoms with Crippen LogP contribution in [0.3, 0.4) is 0 Å². The van der Waals surface area contributed by atoms with Gasteiger partial charge in [-0.05, 0) is 27.0 Å². The van der Waals surface area contributed by atoms with Gasteiger partial charge in [0, 0.05) is 13.0 Å². The molecule has 1 aliphatic rings. The minimum atomic E-state index is -2.86. The van der Waals surface area contributed by atoms with E-state index in [2.05, 4.69) is 0 Å². The third-order valence-electron chi connectivity index (χ3n) is 2.20. The fourth-order valence-corrected chi connectivity index (χ4v) is 2.70. The van der Waals surface area contributed by atoms with Gasteiger partial charge in [0.1, 0.15) is 6.10 Å². The summed E-state index contributed by atoms with van der Waals surface area (Å²) in [6.45, 7) is 3.58. The summed E-state index contributed by atoms with van der Waals surface area (Å²) >= 11 is 4.76. The minimum absolute atomic E-state index is 0.113. The van der Waals surface area contributed by atoms with Gasteiger partial charge in [-0.1, -0.05) is 11.8 Å². The van der Waals surface area contributed by atoms with Crippen LogP contribution in [0.1, 0.15) is 20.3 Å². The summed E-state index contributed by atoms with van der Waals surface area (Å²) < 4.78 is 16.2. The van der Waals surface area contributed by atoms with Crippen LogP contribution in [-0.2, 0) is 25.8 Å². The Labute approximate surface area is 96.1 Å². The summed E-state index contributed by atoms with van der Waals surface area (Å²) in [4.78, 5) is 11.4.